The molecule has 0 saturated carbocycles. The Balaban J connectivity index is 1.10. The van der Waals surface area contributed by atoms with Gasteiger partial charge < -0.3 is 9.73 Å². The topological polar surface area (TPSA) is 49.9 Å². The molecule has 1 N–H and O–H groups in total. The number of nitrogens with zero attached hydrogens (tertiary/aromatic N) is 2. The Hall–Kier alpha value is -7.30. The summed E-state index contributed by atoms with van der Waals surface area (Å²) in [7, 11) is 0. The van der Waals surface area contributed by atoms with Crippen LogP contribution < -0.4 is 5.32 Å². The van der Waals surface area contributed by atoms with Crippen LogP contribution in [0.2, 0.25) is 0 Å². The normalized spacial score (nSPS) is 14.0. The summed E-state index contributed by atoms with van der Waals surface area (Å²) in [5.74, 6) is 1.42. The van der Waals surface area contributed by atoms with Gasteiger partial charge in [-0.05, 0) is 62.7 Å². The lowest BCUT2D eigenvalue weighted by molar-refractivity contribution is 0.669. The molecule has 1 aliphatic rings. The molecule has 55 heavy (non-hydrogen) atoms. The molecule has 0 fully saturated rings. The monoisotopic (exact) mass is 705 g/mol. The van der Waals surface area contributed by atoms with Gasteiger partial charge in [0.05, 0.1) is 0 Å². The molecule has 10 rings (SSSR count). The van der Waals surface area contributed by atoms with Crippen molar-refractivity contribution in [1.82, 2.24) is 5.32 Å². The fraction of sp³-hybridized carbons (Fsp3) is 0.0196. The average molecular weight is 706 g/mol. The Morgan fingerprint density at radius 1 is 0.400 bits per heavy atom. The molecule has 0 amide bonds. The molecule has 9 aromatic rings. The van der Waals surface area contributed by atoms with Crippen molar-refractivity contribution in [2.45, 2.75) is 6.17 Å². The van der Waals surface area contributed by atoms with Crippen LogP contribution in [0, 0.1) is 0 Å². The Morgan fingerprint density at radius 2 is 0.855 bits per heavy atom. The summed E-state index contributed by atoms with van der Waals surface area (Å²) in [5.41, 5.74) is 13.8. The van der Waals surface area contributed by atoms with Crippen LogP contribution >= 0.6 is 0 Å². The molecule has 0 aliphatic carbocycles. The highest BCUT2D eigenvalue weighted by Crippen LogP contribution is 2.40. The Labute approximate surface area is 319 Å². The highest BCUT2D eigenvalue weighted by Gasteiger charge is 2.25. The van der Waals surface area contributed by atoms with Crippen LogP contribution in [0.4, 0.5) is 0 Å². The van der Waals surface area contributed by atoms with Gasteiger partial charge in [-0.3, -0.25) is 0 Å². The summed E-state index contributed by atoms with van der Waals surface area (Å²) in [5, 5.41) is 5.71. The summed E-state index contributed by atoms with van der Waals surface area (Å²) < 4.78 is 6.70. The highest BCUT2D eigenvalue weighted by molar-refractivity contribution is 6.23. The first-order valence-corrected chi connectivity index (χ1v) is 18.6. The van der Waals surface area contributed by atoms with Crippen LogP contribution in [0.5, 0.6) is 0 Å². The Bertz CT molecular complexity index is 2840. The number of hydrogen-bond donors (Lipinski definition) is 1. The van der Waals surface area contributed by atoms with Gasteiger partial charge in [0.2, 0.25) is 0 Å². The second-order valence-corrected chi connectivity index (χ2v) is 13.8. The molecule has 0 saturated heterocycles. The Kier molecular flexibility index (Phi) is 8.19. The third-order valence-corrected chi connectivity index (χ3v) is 10.4. The highest BCUT2D eigenvalue weighted by atomic mass is 16.3. The van der Waals surface area contributed by atoms with Crippen LogP contribution in [-0.4, -0.2) is 11.7 Å². The molecule has 1 atom stereocenters. The predicted octanol–water partition coefficient (Wildman–Crippen LogP) is 12.7. The first-order valence-electron chi connectivity index (χ1n) is 18.6. The van der Waals surface area contributed by atoms with Crippen molar-refractivity contribution in [2.24, 2.45) is 9.98 Å². The molecule has 4 heteroatoms. The lowest BCUT2D eigenvalue weighted by Crippen LogP contribution is -2.33. The van der Waals surface area contributed by atoms with E-state index in [2.05, 4.69) is 175 Å². The number of hydrogen-bond acceptors (Lipinski definition) is 4. The van der Waals surface area contributed by atoms with E-state index in [0.717, 1.165) is 66.7 Å². The largest absolute Gasteiger partial charge is 0.455 e. The van der Waals surface area contributed by atoms with E-state index in [-0.39, 0.29) is 6.17 Å². The molecule has 0 bridgehead atoms. The number of fused-ring (bicyclic) bond motifs is 3. The summed E-state index contributed by atoms with van der Waals surface area (Å²) >= 11 is 0. The van der Waals surface area contributed by atoms with Crippen molar-refractivity contribution in [3.05, 3.63) is 217 Å². The number of para-hydroxylation sites is 1. The third kappa shape index (κ3) is 6.20. The van der Waals surface area contributed by atoms with Gasteiger partial charge in [-0.25, -0.2) is 9.98 Å². The van der Waals surface area contributed by atoms with E-state index < -0.39 is 0 Å². The zero-order valence-electron chi connectivity index (χ0n) is 29.9. The van der Waals surface area contributed by atoms with Gasteiger partial charge >= 0.3 is 0 Å². The van der Waals surface area contributed by atoms with Gasteiger partial charge in [0.1, 0.15) is 23.2 Å². The Morgan fingerprint density at radius 3 is 1.44 bits per heavy atom. The maximum Gasteiger partial charge on any atom is 0.160 e. The van der Waals surface area contributed by atoms with E-state index >= 15 is 0 Å². The van der Waals surface area contributed by atoms with E-state index in [1.165, 1.54) is 22.3 Å². The molecule has 260 valence electrons. The minimum atomic E-state index is -0.362. The van der Waals surface area contributed by atoms with Crippen molar-refractivity contribution in [2.75, 3.05) is 0 Å². The summed E-state index contributed by atoms with van der Waals surface area (Å²) in [6, 6.07) is 69.9. The van der Waals surface area contributed by atoms with Gasteiger partial charge in [0.25, 0.3) is 0 Å². The van der Waals surface area contributed by atoms with Crippen LogP contribution in [0.3, 0.4) is 0 Å². The van der Waals surface area contributed by atoms with E-state index in [9.17, 15) is 0 Å². The molecule has 4 nitrogen and oxygen atoms in total. The van der Waals surface area contributed by atoms with Gasteiger partial charge in [-0.2, -0.15) is 0 Å². The zero-order chi connectivity index (χ0) is 36.6. The predicted molar refractivity (Wildman–Crippen MR) is 227 cm³/mol. The lowest BCUT2D eigenvalue weighted by atomic mass is 9.96. The third-order valence-electron chi connectivity index (χ3n) is 10.4. The number of furan rings is 1. The fourth-order valence-electron chi connectivity index (χ4n) is 7.54. The van der Waals surface area contributed by atoms with Crippen LogP contribution in [-0.2, 0) is 0 Å². The second-order valence-electron chi connectivity index (χ2n) is 13.8. The van der Waals surface area contributed by atoms with Gasteiger partial charge in [0.15, 0.2) is 5.84 Å². The summed E-state index contributed by atoms with van der Waals surface area (Å²) in [4.78, 5) is 10.6. The first kappa shape index (κ1) is 32.4. The molecule has 0 spiro atoms. The molecule has 8 aromatic carbocycles. The minimum absolute atomic E-state index is 0.362. The molecule has 1 aliphatic heterocycles. The maximum absolute atomic E-state index is 6.70. The number of benzene rings is 8. The number of rotatable bonds is 7. The minimum Gasteiger partial charge on any atom is -0.455 e. The first-order chi connectivity index (χ1) is 27.2. The van der Waals surface area contributed by atoms with Gasteiger partial charge in [-0.15, -0.1) is 0 Å². The molecule has 1 unspecified atom stereocenters. The van der Waals surface area contributed by atoms with Crippen LogP contribution in [0.25, 0.3) is 66.4 Å². The van der Waals surface area contributed by atoms with Crippen molar-refractivity contribution in [1.29, 1.82) is 0 Å². The molecule has 2 heterocycles. The van der Waals surface area contributed by atoms with Crippen molar-refractivity contribution in [3.63, 3.8) is 0 Å². The molecular weight excluding hydrogens is 671 g/mol. The quantitative estimate of drug-likeness (QED) is 0.179. The van der Waals surface area contributed by atoms with Crippen LogP contribution in [0.15, 0.2) is 215 Å². The van der Waals surface area contributed by atoms with Crippen LogP contribution in [0.1, 0.15) is 22.9 Å². The average Bonchev–Trinajstić information content (AvgIpc) is 3.67. The lowest BCUT2D eigenvalue weighted by Gasteiger charge is -2.24. The fourth-order valence-corrected chi connectivity index (χ4v) is 7.54. The van der Waals surface area contributed by atoms with Crippen molar-refractivity contribution < 1.29 is 4.42 Å². The zero-order valence-corrected chi connectivity index (χ0v) is 29.9. The smallest absolute Gasteiger partial charge is 0.160 e. The van der Waals surface area contributed by atoms with E-state index in [1.807, 2.05) is 30.3 Å². The molecule has 0 radical (unpaired) electrons. The van der Waals surface area contributed by atoms with E-state index in [4.69, 9.17) is 14.4 Å². The van der Waals surface area contributed by atoms with Crippen molar-refractivity contribution >= 4 is 33.6 Å². The van der Waals surface area contributed by atoms with E-state index in [0.29, 0.717) is 5.84 Å². The molecule has 1 aromatic heterocycles. The molecular formula is C51H35N3O. The number of amidine groups is 2. The van der Waals surface area contributed by atoms with E-state index in [1.54, 1.807) is 0 Å². The second kappa shape index (κ2) is 13.9. The van der Waals surface area contributed by atoms with Gasteiger partial charge in [-0.1, -0.05) is 182 Å². The summed E-state index contributed by atoms with van der Waals surface area (Å²) in [6.07, 6.45) is -0.362. The summed E-state index contributed by atoms with van der Waals surface area (Å²) in [6.45, 7) is 0. The number of aliphatic imine (C=N–C) groups is 2. The SMILES string of the molecule is c1ccc(-c2ccc(C3=NC(c4ccc(-c5ccc(-c6ccccc6)cc5)c5oc6ccccc6c45)=NC(c4ccc(-c5ccccc5)cc4)N3)cc2)cc1. The maximum atomic E-state index is 6.70. The number of nitrogens with one attached hydrogen (secondary N) is 1. The van der Waals surface area contributed by atoms with Gasteiger partial charge in [0, 0.05) is 27.5 Å². The van der Waals surface area contributed by atoms with Crippen molar-refractivity contribution in [3.8, 4) is 44.5 Å². The standard InChI is InChI=1S/C51H35N3O/c1-4-12-34(13-5-1)37-20-26-40(27-21-37)43-32-33-45(47-44-18-10-11-19-46(44)55-48(43)47)51-53-49(41-28-22-38(23-29-41)35-14-6-2-7-15-35)52-50(54-51)42-30-24-39(25-31-42)36-16-8-3-9-17-36/h1-33,49H,(H,52,53,54).